The standard InChI is InChI=1S/C22H15F8N3O2/c1-10(14-8-31-20(32-9-14)22(28,29)30)33-19(35)13-5-11(16-3-2-15(23)7-17(16)24)4-12(6-13)18(34)21(25,26)27/h2-10,18,34H,1H3,(H,33,35)/t10-,18?/m1/s1. The van der Waals surface area contributed by atoms with E-state index in [0.29, 0.717) is 6.07 Å². The van der Waals surface area contributed by atoms with Gasteiger partial charge in [-0.25, -0.2) is 18.7 Å². The molecule has 1 unspecified atom stereocenters. The summed E-state index contributed by atoms with van der Waals surface area (Å²) in [5.74, 6) is -4.45. The zero-order chi connectivity index (χ0) is 26.1. The van der Waals surface area contributed by atoms with Crippen molar-refractivity contribution in [3.8, 4) is 11.1 Å². The molecule has 3 aromatic rings. The Morgan fingerprint density at radius 2 is 1.57 bits per heavy atom. The number of rotatable bonds is 5. The van der Waals surface area contributed by atoms with Gasteiger partial charge in [-0.2, -0.15) is 26.3 Å². The fraction of sp³-hybridized carbons (Fsp3) is 0.227. The number of nitrogens with one attached hydrogen (secondary N) is 1. The maximum atomic E-state index is 14.3. The van der Waals surface area contributed by atoms with Crippen LogP contribution in [-0.4, -0.2) is 27.2 Å². The van der Waals surface area contributed by atoms with E-state index in [1.807, 2.05) is 0 Å². The van der Waals surface area contributed by atoms with Gasteiger partial charge in [0.1, 0.15) is 11.6 Å². The van der Waals surface area contributed by atoms with Crippen LogP contribution in [0.4, 0.5) is 35.1 Å². The van der Waals surface area contributed by atoms with Gasteiger partial charge in [-0.15, -0.1) is 0 Å². The first-order chi connectivity index (χ1) is 16.2. The van der Waals surface area contributed by atoms with Crippen molar-refractivity contribution >= 4 is 5.91 Å². The van der Waals surface area contributed by atoms with Crippen molar-refractivity contribution in [3.63, 3.8) is 0 Å². The summed E-state index contributed by atoms with van der Waals surface area (Å²) in [5.41, 5.74) is -1.74. The van der Waals surface area contributed by atoms with Crippen molar-refractivity contribution in [1.82, 2.24) is 15.3 Å². The molecule has 1 amide bonds. The fourth-order valence-electron chi connectivity index (χ4n) is 3.08. The van der Waals surface area contributed by atoms with Gasteiger partial charge in [-0.1, -0.05) is 0 Å². The SMILES string of the molecule is C[C@@H](NC(=O)c1cc(-c2ccc(F)cc2F)cc(C(O)C(F)(F)F)c1)c1cnc(C(F)(F)F)nc1. The highest BCUT2D eigenvalue weighted by atomic mass is 19.4. The number of benzene rings is 2. The van der Waals surface area contributed by atoms with Crippen LogP contribution in [0.5, 0.6) is 0 Å². The van der Waals surface area contributed by atoms with Gasteiger partial charge in [-0.05, 0) is 48.4 Å². The zero-order valence-corrected chi connectivity index (χ0v) is 17.5. The molecule has 0 aliphatic rings. The van der Waals surface area contributed by atoms with E-state index in [2.05, 4.69) is 15.3 Å². The number of nitrogens with zero attached hydrogens (tertiary/aromatic N) is 2. The summed E-state index contributed by atoms with van der Waals surface area (Å²) in [6.07, 6.45) is -11.3. The van der Waals surface area contributed by atoms with Gasteiger partial charge in [0.05, 0.1) is 6.04 Å². The van der Waals surface area contributed by atoms with Gasteiger partial charge in [0.15, 0.2) is 6.10 Å². The minimum absolute atomic E-state index is 0.0580. The fourth-order valence-corrected chi connectivity index (χ4v) is 3.08. The van der Waals surface area contributed by atoms with E-state index >= 15 is 0 Å². The predicted molar refractivity (Wildman–Crippen MR) is 106 cm³/mol. The summed E-state index contributed by atoms with van der Waals surface area (Å²) in [4.78, 5) is 19.1. The number of amides is 1. The number of hydrogen-bond acceptors (Lipinski definition) is 4. The number of aromatic nitrogens is 2. The summed E-state index contributed by atoms with van der Waals surface area (Å²) >= 11 is 0. The summed E-state index contributed by atoms with van der Waals surface area (Å²) in [7, 11) is 0. The Morgan fingerprint density at radius 3 is 2.11 bits per heavy atom. The van der Waals surface area contributed by atoms with Crippen molar-refractivity contribution in [2.75, 3.05) is 0 Å². The van der Waals surface area contributed by atoms with Gasteiger partial charge in [0, 0.05) is 35.2 Å². The van der Waals surface area contributed by atoms with E-state index in [4.69, 9.17) is 0 Å². The second kappa shape index (κ2) is 9.56. The molecule has 0 saturated carbocycles. The molecule has 1 heterocycles. The van der Waals surface area contributed by atoms with Crippen LogP contribution < -0.4 is 5.32 Å². The third-order valence-electron chi connectivity index (χ3n) is 4.86. The first-order valence-electron chi connectivity index (χ1n) is 9.72. The minimum atomic E-state index is -5.11. The number of hydrogen-bond donors (Lipinski definition) is 2. The lowest BCUT2D eigenvalue weighted by Gasteiger charge is -2.19. The van der Waals surface area contributed by atoms with Crippen LogP contribution in [0.15, 0.2) is 48.8 Å². The number of carbonyl (C=O) groups is 1. The summed E-state index contributed by atoms with van der Waals surface area (Å²) in [6.45, 7) is 1.36. The number of halogens is 8. The quantitative estimate of drug-likeness (QED) is 0.448. The normalized spacial score (nSPS) is 13.9. The molecule has 13 heteroatoms. The molecule has 3 rings (SSSR count). The molecular weight excluding hydrogens is 490 g/mol. The van der Waals surface area contributed by atoms with Crippen molar-refractivity contribution in [3.05, 3.63) is 82.9 Å². The molecule has 5 nitrogen and oxygen atoms in total. The molecule has 0 fully saturated rings. The van der Waals surface area contributed by atoms with Crippen molar-refractivity contribution in [2.45, 2.75) is 31.4 Å². The highest BCUT2D eigenvalue weighted by molar-refractivity contribution is 5.96. The molecule has 2 aromatic carbocycles. The molecule has 186 valence electrons. The Balaban J connectivity index is 1.97. The summed E-state index contributed by atoms with van der Waals surface area (Å²) in [5, 5.41) is 12.0. The molecule has 0 spiro atoms. The van der Waals surface area contributed by atoms with Gasteiger partial charge in [-0.3, -0.25) is 4.79 Å². The minimum Gasteiger partial charge on any atom is -0.379 e. The van der Waals surface area contributed by atoms with E-state index in [-0.39, 0.29) is 16.7 Å². The monoisotopic (exact) mass is 505 g/mol. The Bertz CT molecular complexity index is 1230. The average Bonchev–Trinajstić information content (AvgIpc) is 2.77. The molecule has 0 aliphatic heterocycles. The maximum absolute atomic E-state index is 14.3. The number of carbonyl (C=O) groups excluding carboxylic acids is 1. The molecule has 0 aliphatic carbocycles. The van der Waals surface area contributed by atoms with Crippen LogP contribution in [0.3, 0.4) is 0 Å². The lowest BCUT2D eigenvalue weighted by Crippen LogP contribution is -2.28. The highest BCUT2D eigenvalue weighted by Crippen LogP contribution is 2.36. The molecular formula is C22H15F8N3O2. The zero-order valence-electron chi connectivity index (χ0n) is 17.5. The molecule has 2 N–H and O–H groups in total. The van der Waals surface area contributed by atoms with Crippen molar-refractivity contribution in [1.29, 1.82) is 0 Å². The Hall–Kier alpha value is -3.61. The third kappa shape index (κ3) is 6.10. The van der Waals surface area contributed by atoms with Crippen molar-refractivity contribution in [2.24, 2.45) is 0 Å². The summed E-state index contributed by atoms with van der Waals surface area (Å²) < 4.78 is 105. The molecule has 0 saturated heterocycles. The smallest absolute Gasteiger partial charge is 0.379 e. The summed E-state index contributed by atoms with van der Waals surface area (Å²) in [6, 6.07) is 3.88. The van der Waals surface area contributed by atoms with Gasteiger partial charge < -0.3 is 10.4 Å². The molecule has 35 heavy (non-hydrogen) atoms. The topological polar surface area (TPSA) is 75.1 Å². The van der Waals surface area contributed by atoms with Crippen molar-refractivity contribution < 1.29 is 45.0 Å². The Kier molecular flexibility index (Phi) is 7.11. The molecule has 2 atom stereocenters. The lowest BCUT2D eigenvalue weighted by molar-refractivity contribution is -0.206. The highest BCUT2D eigenvalue weighted by Gasteiger charge is 2.40. The van der Waals surface area contributed by atoms with Crippen LogP contribution in [0.25, 0.3) is 11.1 Å². The second-order valence-corrected chi connectivity index (χ2v) is 7.44. The molecule has 0 bridgehead atoms. The van der Waals surface area contributed by atoms with Crippen LogP contribution in [0.2, 0.25) is 0 Å². The van der Waals surface area contributed by atoms with E-state index in [1.54, 1.807) is 0 Å². The van der Waals surface area contributed by atoms with E-state index in [9.17, 15) is 45.0 Å². The third-order valence-corrected chi connectivity index (χ3v) is 4.86. The predicted octanol–water partition coefficient (Wildman–Crippen LogP) is 5.53. The van der Waals surface area contributed by atoms with Gasteiger partial charge in [0.2, 0.25) is 5.82 Å². The first-order valence-corrected chi connectivity index (χ1v) is 9.72. The second-order valence-electron chi connectivity index (χ2n) is 7.44. The van der Waals surface area contributed by atoms with E-state index < -0.39 is 59.0 Å². The van der Waals surface area contributed by atoms with Crippen LogP contribution in [0, 0.1) is 11.6 Å². The van der Waals surface area contributed by atoms with Gasteiger partial charge >= 0.3 is 12.4 Å². The molecule has 0 radical (unpaired) electrons. The van der Waals surface area contributed by atoms with Crippen LogP contribution in [-0.2, 0) is 6.18 Å². The number of aliphatic hydroxyl groups excluding tert-OH is 1. The molecule has 1 aromatic heterocycles. The van der Waals surface area contributed by atoms with Crippen LogP contribution in [0.1, 0.15) is 46.4 Å². The first kappa shape index (κ1) is 26.0. The lowest BCUT2D eigenvalue weighted by atomic mass is 9.96. The van der Waals surface area contributed by atoms with E-state index in [0.717, 1.165) is 42.7 Å². The largest absolute Gasteiger partial charge is 0.451 e. The Labute approximate surface area is 192 Å². The number of alkyl halides is 6. The van der Waals surface area contributed by atoms with E-state index in [1.165, 1.54) is 6.92 Å². The average molecular weight is 505 g/mol. The van der Waals surface area contributed by atoms with Gasteiger partial charge in [0.25, 0.3) is 5.91 Å². The van der Waals surface area contributed by atoms with Crippen LogP contribution >= 0.6 is 0 Å². The Morgan fingerprint density at radius 1 is 0.943 bits per heavy atom. The maximum Gasteiger partial charge on any atom is 0.451 e. The number of aliphatic hydroxyl groups is 1.